The summed E-state index contributed by atoms with van der Waals surface area (Å²) < 4.78 is 34.5. The van der Waals surface area contributed by atoms with E-state index in [4.69, 9.17) is 0 Å². The van der Waals surface area contributed by atoms with Crippen LogP contribution in [0.4, 0.5) is 13.2 Å². The van der Waals surface area contributed by atoms with Gasteiger partial charge in [0, 0.05) is 24.2 Å². The molecule has 0 heterocycles. The molecule has 1 N–H and O–H groups in total. The van der Waals surface area contributed by atoms with E-state index in [1.54, 1.807) is 0 Å². The van der Waals surface area contributed by atoms with Crippen LogP contribution in [0.15, 0.2) is 0 Å². The molecule has 0 bridgehead atoms. The molecule has 0 spiro atoms. The fourth-order valence-electron chi connectivity index (χ4n) is 0.431. The third kappa shape index (κ3) is 10.6. The summed E-state index contributed by atoms with van der Waals surface area (Å²) in [4.78, 5) is 0. The first-order chi connectivity index (χ1) is 5.06. The van der Waals surface area contributed by atoms with Crippen molar-refractivity contribution < 1.29 is 13.2 Å². The number of thioether (sulfide) groups is 1. The van der Waals surface area contributed by atoms with Crippen molar-refractivity contribution in [2.45, 2.75) is 5.51 Å². The summed E-state index contributed by atoms with van der Waals surface area (Å²) >= 11 is 3.16. The van der Waals surface area contributed by atoms with Gasteiger partial charge in [0.05, 0.1) is 0 Å². The van der Waals surface area contributed by atoms with Gasteiger partial charge in [0.2, 0.25) is 0 Å². The van der Waals surface area contributed by atoms with E-state index in [1.807, 2.05) is 0 Å². The second-order valence-electron chi connectivity index (χ2n) is 1.73. The van der Waals surface area contributed by atoms with E-state index in [2.05, 4.69) is 21.2 Å². The Morgan fingerprint density at radius 1 is 1.27 bits per heavy atom. The Morgan fingerprint density at radius 3 is 2.36 bits per heavy atom. The minimum atomic E-state index is -4.09. The number of hydrogen-bond acceptors (Lipinski definition) is 2. The van der Waals surface area contributed by atoms with E-state index in [-0.39, 0.29) is 17.5 Å². The van der Waals surface area contributed by atoms with Crippen LogP contribution in [0.5, 0.6) is 0 Å². The molecule has 0 aromatic heterocycles. The van der Waals surface area contributed by atoms with E-state index >= 15 is 0 Å². The first kappa shape index (κ1) is 11.6. The quantitative estimate of drug-likeness (QED) is 0.594. The minimum Gasteiger partial charge on any atom is -0.315 e. The van der Waals surface area contributed by atoms with E-state index in [1.165, 1.54) is 0 Å². The summed E-state index contributed by atoms with van der Waals surface area (Å²) in [7, 11) is 0. The van der Waals surface area contributed by atoms with Crippen molar-refractivity contribution in [3.63, 3.8) is 0 Å². The van der Waals surface area contributed by atoms with Gasteiger partial charge in [-0.15, -0.1) is 0 Å². The molecule has 0 atom stereocenters. The molecule has 0 saturated heterocycles. The lowest BCUT2D eigenvalue weighted by molar-refractivity contribution is -0.0327. The van der Waals surface area contributed by atoms with Crippen LogP contribution in [0.2, 0.25) is 0 Å². The van der Waals surface area contributed by atoms with Crippen molar-refractivity contribution in [1.82, 2.24) is 5.32 Å². The Hall–Kier alpha value is 0.580. The van der Waals surface area contributed by atoms with E-state index in [0.29, 0.717) is 13.1 Å². The highest BCUT2D eigenvalue weighted by Gasteiger charge is 2.27. The summed E-state index contributed by atoms with van der Waals surface area (Å²) in [6.45, 7) is 1.11. The van der Waals surface area contributed by atoms with Gasteiger partial charge in [0.25, 0.3) is 0 Å². The van der Waals surface area contributed by atoms with Gasteiger partial charge in [0.15, 0.2) is 0 Å². The van der Waals surface area contributed by atoms with Crippen molar-refractivity contribution in [2.75, 3.05) is 24.2 Å². The topological polar surface area (TPSA) is 12.0 Å². The van der Waals surface area contributed by atoms with Crippen molar-refractivity contribution in [1.29, 1.82) is 0 Å². The summed E-state index contributed by atoms with van der Waals surface area (Å²) in [6.07, 6.45) is 0. The molecular weight excluding hydrogens is 243 g/mol. The summed E-state index contributed by atoms with van der Waals surface area (Å²) in [6, 6.07) is 0. The molecule has 0 aliphatic heterocycles. The zero-order valence-electron chi connectivity index (χ0n) is 5.75. The molecule has 0 rings (SSSR count). The second kappa shape index (κ2) is 6.14. The van der Waals surface area contributed by atoms with E-state index < -0.39 is 5.51 Å². The molecule has 68 valence electrons. The van der Waals surface area contributed by atoms with Gasteiger partial charge >= 0.3 is 5.51 Å². The first-order valence-corrected chi connectivity index (χ1v) is 5.14. The molecule has 0 aliphatic carbocycles. The zero-order valence-corrected chi connectivity index (χ0v) is 8.15. The SMILES string of the molecule is FC(F)(F)SCCNCCBr. The fourth-order valence-corrected chi connectivity index (χ4v) is 1.19. The Balaban J connectivity index is 3.02. The molecule has 6 heteroatoms. The average molecular weight is 252 g/mol. The lowest BCUT2D eigenvalue weighted by atomic mass is 10.7. The molecule has 0 aliphatic rings. The number of halogens is 4. The third-order valence-corrected chi connectivity index (χ3v) is 1.95. The first-order valence-electron chi connectivity index (χ1n) is 3.03. The molecule has 0 amide bonds. The van der Waals surface area contributed by atoms with Gasteiger partial charge < -0.3 is 5.32 Å². The fraction of sp³-hybridized carbons (Fsp3) is 1.00. The van der Waals surface area contributed by atoms with E-state index in [0.717, 1.165) is 5.33 Å². The molecular formula is C5H9BrF3NS. The van der Waals surface area contributed by atoms with Crippen LogP contribution in [-0.2, 0) is 0 Å². The largest absolute Gasteiger partial charge is 0.441 e. The number of alkyl halides is 4. The van der Waals surface area contributed by atoms with Crippen LogP contribution in [0, 0.1) is 0 Å². The van der Waals surface area contributed by atoms with Crippen LogP contribution < -0.4 is 5.32 Å². The summed E-state index contributed by atoms with van der Waals surface area (Å²) in [5.74, 6) is 0.0799. The highest BCUT2D eigenvalue weighted by atomic mass is 79.9. The van der Waals surface area contributed by atoms with Crippen LogP contribution in [-0.4, -0.2) is 29.7 Å². The smallest absolute Gasteiger partial charge is 0.315 e. The van der Waals surface area contributed by atoms with Crippen LogP contribution in [0.1, 0.15) is 0 Å². The highest BCUT2D eigenvalue weighted by Crippen LogP contribution is 2.29. The van der Waals surface area contributed by atoms with Crippen LogP contribution >= 0.6 is 27.7 Å². The highest BCUT2D eigenvalue weighted by molar-refractivity contribution is 9.09. The van der Waals surface area contributed by atoms with Crippen molar-refractivity contribution in [2.24, 2.45) is 0 Å². The van der Waals surface area contributed by atoms with Crippen LogP contribution in [0.25, 0.3) is 0 Å². The lowest BCUT2D eigenvalue weighted by Gasteiger charge is -2.05. The number of nitrogens with one attached hydrogen (secondary N) is 1. The molecule has 0 aromatic carbocycles. The molecule has 0 fully saturated rings. The second-order valence-corrected chi connectivity index (χ2v) is 3.69. The number of rotatable bonds is 5. The molecule has 0 saturated carbocycles. The zero-order chi connectivity index (χ0) is 8.74. The Bertz CT molecular complexity index is 98.2. The van der Waals surface area contributed by atoms with Crippen molar-refractivity contribution in [3.8, 4) is 0 Å². The molecule has 0 radical (unpaired) electrons. The molecule has 0 unspecified atom stereocenters. The van der Waals surface area contributed by atoms with Gasteiger partial charge in [-0.25, -0.2) is 0 Å². The normalized spacial score (nSPS) is 12.0. The van der Waals surface area contributed by atoms with Gasteiger partial charge in [0.1, 0.15) is 0 Å². The predicted molar refractivity (Wildman–Crippen MR) is 45.2 cm³/mol. The van der Waals surface area contributed by atoms with Crippen molar-refractivity contribution in [3.05, 3.63) is 0 Å². The molecule has 1 nitrogen and oxygen atoms in total. The number of hydrogen-bond donors (Lipinski definition) is 1. The van der Waals surface area contributed by atoms with Crippen molar-refractivity contribution >= 4 is 27.7 Å². The minimum absolute atomic E-state index is 0.00620. The third-order valence-electron chi connectivity index (χ3n) is 0.816. The maximum Gasteiger partial charge on any atom is 0.441 e. The van der Waals surface area contributed by atoms with Gasteiger partial charge in [-0.3, -0.25) is 0 Å². The van der Waals surface area contributed by atoms with Gasteiger partial charge in [-0.2, -0.15) is 13.2 Å². The van der Waals surface area contributed by atoms with Crippen LogP contribution in [0.3, 0.4) is 0 Å². The summed E-state index contributed by atoms with van der Waals surface area (Å²) in [5, 5.41) is 3.61. The molecule has 11 heavy (non-hydrogen) atoms. The summed E-state index contributed by atoms with van der Waals surface area (Å²) in [5.41, 5.74) is -4.09. The molecule has 0 aromatic rings. The van der Waals surface area contributed by atoms with Gasteiger partial charge in [-0.05, 0) is 11.8 Å². The maximum atomic E-state index is 11.5. The Kier molecular flexibility index (Phi) is 6.46. The Morgan fingerprint density at radius 2 is 1.91 bits per heavy atom. The Labute approximate surface area is 76.2 Å². The lowest BCUT2D eigenvalue weighted by Crippen LogP contribution is -2.20. The monoisotopic (exact) mass is 251 g/mol. The predicted octanol–water partition coefficient (Wildman–Crippen LogP) is 2.22. The average Bonchev–Trinajstić information content (AvgIpc) is 1.85. The standard InChI is InChI=1S/C5H9BrF3NS/c6-1-2-10-3-4-11-5(7,8)9/h10H,1-4H2. The maximum absolute atomic E-state index is 11.5. The van der Waals surface area contributed by atoms with E-state index in [9.17, 15) is 13.2 Å². The van der Waals surface area contributed by atoms with Gasteiger partial charge in [-0.1, -0.05) is 15.9 Å².